The number of rotatable bonds is 3. The largest absolute Gasteiger partial charge is 0.376 e. The first-order valence-electron chi connectivity index (χ1n) is 6.86. The Hall–Kier alpha value is -0.570. The summed E-state index contributed by atoms with van der Waals surface area (Å²) in [6.07, 6.45) is 13.6. The number of thiocarbonyl (C=S) groups is 1. The van der Waals surface area contributed by atoms with E-state index in [0.29, 0.717) is 10.5 Å². The molecule has 4 aliphatic rings. The summed E-state index contributed by atoms with van der Waals surface area (Å²) < 4.78 is 0. The Balaban J connectivity index is 1.64. The third kappa shape index (κ3) is 2.35. The fourth-order valence-corrected chi connectivity index (χ4v) is 4.93. The maximum atomic E-state index is 5.43. The van der Waals surface area contributed by atoms with E-state index in [9.17, 15) is 0 Å². The summed E-state index contributed by atoms with van der Waals surface area (Å²) in [5.41, 5.74) is 5.96. The van der Waals surface area contributed by atoms with E-state index in [1.54, 1.807) is 0 Å². The lowest BCUT2D eigenvalue weighted by Gasteiger charge is -2.55. The van der Waals surface area contributed by atoms with Crippen molar-refractivity contribution in [2.45, 2.75) is 38.5 Å². The lowest BCUT2D eigenvalue weighted by atomic mass is 9.49. The van der Waals surface area contributed by atoms with Crippen LogP contribution in [0.4, 0.5) is 0 Å². The molecule has 0 aromatic carbocycles. The summed E-state index contributed by atoms with van der Waals surface area (Å²) in [5, 5.41) is 3.40. The summed E-state index contributed by atoms with van der Waals surface area (Å²) in [6.45, 7) is 0.789. The van der Waals surface area contributed by atoms with Gasteiger partial charge < -0.3 is 11.1 Å². The third-order valence-corrected chi connectivity index (χ3v) is 5.10. The van der Waals surface area contributed by atoms with Crippen molar-refractivity contribution >= 4 is 17.3 Å². The zero-order chi connectivity index (χ0) is 11.9. The normalized spacial score (nSPS) is 43.2. The quantitative estimate of drug-likeness (QED) is 0.597. The molecule has 4 saturated carbocycles. The Morgan fingerprint density at radius 1 is 1.18 bits per heavy atom. The highest BCUT2D eigenvalue weighted by atomic mass is 32.1. The van der Waals surface area contributed by atoms with Gasteiger partial charge in [0.1, 0.15) is 0 Å². The Bertz CT molecular complexity index is 313. The molecule has 0 heterocycles. The first-order valence-corrected chi connectivity index (χ1v) is 7.27. The molecular formula is C14H22N2S. The second-order valence-electron chi connectivity index (χ2n) is 6.43. The first kappa shape index (κ1) is 11.5. The molecule has 3 heteroatoms. The van der Waals surface area contributed by atoms with Gasteiger partial charge in [-0.15, -0.1) is 0 Å². The molecule has 0 amide bonds. The van der Waals surface area contributed by atoms with Gasteiger partial charge in [0.25, 0.3) is 0 Å². The maximum Gasteiger partial charge on any atom is 0.163 e. The number of nitrogens with two attached hydrogens (primary N) is 1. The number of nitrogens with one attached hydrogen (secondary N) is 1. The zero-order valence-corrected chi connectivity index (χ0v) is 11.1. The molecule has 0 aliphatic heterocycles. The van der Waals surface area contributed by atoms with Crippen molar-refractivity contribution < 1.29 is 0 Å². The predicted molar refractivity (Wildman–Crippen MR) is 74.5 cm³/mol. The highest BCUT2D eigenvalue weighted by molar-refractivity contribution is 7.80. The smallest absolute Gasteiger partial charge is 0.163 e. The van der Waals surface area contributed by atoms with Gasteiger partial charge in [0.2, 0.25) is 0 Å². The summed E-state index contributed by atoms with van der Waals surface area (Å²) in [5.74, 6) is 3.07. The molecule has 0 radical (unpaired) electrons. The van der Waals surface area contributed by atoms with Crippen molar-refractivity contribution in [3.8, 4) is 0 Å². The zero-order valence-electron chi connectivity index (χ0n) is 10.3. The second kappa shape index (κ2) is 4.27. The van der Waals surface area contributed by atoms with Crippen LogP contribution in [-0.4, -0.2) is 11.7 Å². The van der Waals surface area contributed by atoms with Gasteiger partial charge in [0.15, 0.2) is 5.11 Å². The van der Waals surface area contributed by atoms with E-state index in [-0.39, 0.29) is 0 Å². The van der Waals surface area contributed by atoms with Gasteiger partial charge >= 0.3 is 0 Å². The topological polar surface area (TPSA) is 38.0 Å². The monoisotopic (exact) mass is 250 g/mol. The molecule has 0 atom stereocenters. The van der Waals surface area contributed by atoms with Crippen molar-refractivity contribution in [3.05, 3.63) is 12.2 Å². The summed E-state index contributed by atoms with van der Waals surface area (Å²) in [4.78, 5) is 0. The minimum Gasteiger partial charge on any atom is -0.376 e. The maximum absolute atomic E-state index is 5.43. The van der Waals surface area contributed by atoms with Gasteiger partial charge in [0, 0.05) is 6.54 Å². The predicted octanol–water partition coefficient (Wildman–Crippen LogP) is 2.59. The van der Waals surface area contributed by atoms with Crippen molar-refractivity contribution in [2.75, 3.05) is 6.54 Å². The van der Waals surface area contributed by atoms with Crippen LogP contribution in [0, 0.1) is 23.2 Å². The van der Waals surface area contributed by atoms with E-state index < -0.39 is 0 Å². The number of hydrogen-bond donors (Lipinski definition) is 2. The fourth-order valence-electron chi connectivity index (χ4n) is 4.85. The molecular weight excluding hydrogens is 228 g/mol. The average molecular weight is 250 g/mol. The highest BCUT2D eigenvalue weighted by Crippen LogP contribution is 2.60. The van der Waals surface area contributed by atoms with Crippen LogP contribution in [0.1, 0.15) is 38.5 Å². The van der Waals surface area contributed by atoms with Crippen molar-refractivity contribution in [2.24, 2.45) is 28.9 Å². The van der Waals surface area contributed by atoms with Crippen LogP contribution in [0.15, 0.2) is 12.2 Å². The molecule has 4 bridgehead atoms. The summed E-state index contributed by atoms with van der Waals surface area (Å²) in [6, 6.07) is 0. The molecule has 0 aromatic heterocycles. The van der Waals surface area contributed by atoms with Gasteiger partial charge in [-0.3, -0.25) is 0 Å². The van der Waals surface area contributed by atoms with Crippen LogP contribution in [0.25, 0.3) is 0 Å². The van der Waals surface area contributed by atoms with E-state index in [0.717, 1.165) is 24.3 Å². The van der Waals surface area contributed by atoms with E-state index >= 15 is 0 Å². The van der Waals surface area contributed by atoms with Crippen LogP contribution in [0.5, 0.6) is 0 Å². The standard InChI is InChI=1S/C14H22N2S/c15-13(17)16-3-1-2-14-7-10-4-11(8-14)6-12(5-10)9-14/h1-2,10-12H,3-9H2,(H3,15,16,17). The molecule has 2 nitrogen and oxygen atoms in total. The highest BCUT2D eigenvalue weighted by Gasteiger charge is 2.49. The van der Waals surface area contributed by atoms with Crippen LogP contribution in [-0.2, 0) is 0 Å². The minimum atomic E-state index is 0.403. The van der Waals surface area contributed by atoms with Gasteiger partial charge in [-0.2, -0.15) is 0 Å². The van der Waals surface area contributed by atoms with Crippen molar-refractivity contribution in [1.29, 1.82) is 0 Å². The van der Waals surface area contributed by atoms with Crippen LogP contribution in [0.2, 0.25) is 0 Å². The van der Waals surface area contributed by atoms with Crippen molar-refractivity contribution in [3.63, 3.8) is 0 Å². The molecule has 4 aliphatic carbocycles. The van der Waals surface area contributed by atoms with Crippen LogP contribution in [0.3, 0.4) is 0 Å². The number of allylic oxidation sites excluding steroid dienone is 1. The summed E-state index contributed by atoms with van der Waals surface area (Å²) in [7, 11) is 0. The van der Waals surface area contributed by atoms with Crippen LogP contribution >= 0.6 is 12.2 Å². The summed E-state index contributed by atoms with van der Waals surface area (Å²) >= 11 is 4.81. The fraction of sp³-hybridized carbons (Fsp3) is 0.786. The first-order chi connectivity index (χ1) is 8.15. The second-order valence-corrected chi connectivity index (χ2v) is 6.87. The number of hydrogen-bond acceptors (Lipinski definition) is 1. The lowest BCUT2D eigenvalue weighted by molar-refractivity contribution is -0.0238. The van der Waals surface area contributed by atoms with Gasteiger partial charge in [-0.05, 0) is 73.9 Å². The molecule has 94 valence electrons. The minimum absolute atomic E-state index is 0.403. The van der Waals surface area contributed by atoms with Gasteiger partial charge in [0.05, 0.1) is 0 Å². The van der Waals surface area contributed by atoms with Gasteiger partial charge in [-0.25, -0.2) is 0 Å². The SMILES string of the molecule is NC(=S)NCC=CC12CC3CC(CC(C3)C1)C2. The Labute approximate surface area is 109 Å². The molecule has 0 saturated heterocycles. The molecule has 4 fully saturated rings. The third-order valence-electron chi connectivity index (χ3n) is 4.95. The Kier molecular flexibility index (Phi) is 2.89. The molecule has 17 heavy (non-hydrogen) atoms. The molecule has 4 rings (SSSR count). The van der Waals surface area contributed by atoms with Crippen molar-refractivity contribution in [1.82, 2.24) is 5.32 Å². The Morgan fingerprint density at radius 2 is 1.71 bits per heavy atom. The van der Waals surface area contributed by atoms with E-state index in [4.69, 9.17) is 18.0 Å². The lowest BCUT2D eigenvalue weighted by Crippen LogP contribution is -2.45. The molecule has 0 spiro atoms. The molecule has 0 unspecified atom stereocenters. The van der Waals surface area contributed by atoms with E-state index in [1.165, 1.54) is 38.5 Å². The Morgan fingerprint density at radius 3 is 2.18 bits per heavy atom. The van der Waals surface area contributed by atoms with E-state index in [2.05, 4.69) is 17.5 Å². The van der Waals surface area contributed by atoms with Crippen LogP contribution < -0.4 is 11.1 Å². The van der Waals surface area contributed by atoms with E-state index in [1.807, 2.05) is 0 Å². The average Bonchev–Trinajstić information content (AvgIpc) is 2.22. The molecule has 3 N–H and O–H groups in total. The van der Waals surface area contributed by atoms with Gasteiger partial charge in [-0.1, -0.05) is 12.2 Å². The molecule has 0 aromatic rings.